The summed E-state index contributed by atoms with van der Waals surface area (Å²) in [5.41, 5.74) is 0.164. The highest BCUT2D eigenvalue weighted by molar-refractivity contribution is 6.07. The van der Waals surface area contributed by atoms with Crippen molar-refractivity contribution < 1.29 is 19.4 Å². The van der Waals surface area contributed by atoms with Crippen LogP contribution in [0, 0.1) is 0 Å². The van der Waals surface area contributed by atoms with Crippen LogP contribution in [0.4, 0.5) is 0 Å². The monoisotopic (exact) mass is 222 g/mol. The molecule has 0 atom stereocenters. The molecule has 86 valence electrons. The Balaban J connectivity index is 3.23. The number of ketones is 1. The quantitative estimate of drug-likeness (QED) is 0.626. The third kappa shape index (κ3) is 2.39. The van der Waals surface area contributed by atoms with Gasteiger partial charge in [-0.3, -0.25) is 4.79 Å². The molecule has 1 rings (SSSR count). The first-order valence-corrected chi connectivity index (χ1v) is 5.14. The van der Waals surface area contributed by atoms with Crippen LogP contribution < -0.4 is 0 Å². The van der Waals surface area contributed by atoms with Crippen LogP contribution in [0.5, 0.6) is 5.75 Å². The number of phenolic OH excluding ortho intramolecular Hbond substituents is 1. The van der Waals surface area contributed by atoms with Crippen molar-refractivity contribution in [2.24, 2.45) is 0 Å². The molecule has 0 radical (unpaired) electrons. The number of Topliss-reactive ketones (excluding diaryl/α,β-unsaturated/α-hetero) is 1. The molecule has 16 heavy (non-hydrogen) atoms. The van der Waals surface area contributed by atoms with Crippen molar-refractivity contribution >= 4 is 11.8 Å². The van der Waals surface area contributed by atoms with Gasteiger partial charge in [0.25, 0.3) is 0 Å². The number of benzene rings is 1. The molecule has 0 aliphatic carbocycles. The van der Waals surface area contributed by atoms with Crippen LogP contribution in [-0.4, -0.2) is 23.5 Å². The van der Waals surface area contributed by atoms with Gasteiger partial charge < -0.3 is 9.84 Å². The van der Waals surface area contributed by atoms with Crippen molar-refractivity contribution in [3.63, 3.8) is 0 Å². The van der Waals surface area contributed by atoms with E-state index < -0.39 is 5.97 Å². The normalized spacial score (nSPS) is 9.88. The summed E-state index contributed by atoms with van der Waals surface area (Å²) >= 11 is 0. The fourth-order valence-corrected chi connectivity index (χ4v) is 1.38. The maximum Gasteiger partial charge on any atom is 0.342 e. The van der Waals surface area contributed by atoms with Gasteiger partial charge in [0, 0.05) is 12.0 Å². The van der Waals surface area contributed by atoms with E-state index in [2.05, 4.69) is 0 Å². The van der Waals surface area contributed by atoms with Crippen molar-refractivity contribution in [3.05, 3.63) is 29.3 Å². The first-order chi connectivity index (χ1) is 7.61. The van der Waals surface area contributed by atoms with Crippen LogP contribution >= 0.6 is 0 Å². The molecule has 0 bridgehead atoms. The first kappa shape index (κ1) is 12.2. The summed E-state index contributed by atoms with van der Waals surface area (Å²) < 4.78 is 4.79. The van der Waals surface area contributed by atoms with E-state index in [9.17, 15) is 14.7 Å². The van der Waals surface area contributed by atoms with Crippen molar-refractivity contribution in [2.45, 2.75) is 20.3 Å². The smallest absolute Gasteiger partial charge is 0.342 e. The Morgan fingerprint density at radius 3 is 2.56 bits per heavy atom. The van der Waals surface area contributed by atoms with Crippen LogP contribution in [0.2, 0.25) is 0 Å². The van der Waals surface area contributed by atoms with Gasteiger partial charge in [0.15, 0.2) is 5.78 Å². The van der Waals surface area contributed by atoms with Crippen LogP contribution in [0.1, 0.15) is 41.0 Å². The molecule has 0 spiro atoms. The molecule has 1 aromatic carbocycles. The molecule has 1 aromatic rings. The summed E-state index contributed by atoms with van der Waals surface area (Å²) in [6.07, 6.45) is 0.274. The van der Waals surface area contributed by atoms with Crippen LogP contribution in [0.25, 0.3) is 0 Å². The Labute approximate surface area is 93.9 Å². The largest absolute Gasteiger partial charge is 0.507 e. The average Bonchev–Trinajstić information content (AvgIpc) is 2.27. The van der Waals surface area contributed by atoms with E-state index in [0.29, 0.717) is 0 Å². The molecule has 0 saturated heterocycles. The van der Waals surface area contributed by atoms with Crippen LogP contribution in [0.15, 0.2) is 18.2 Å². The maximum atomic E-state index is 11.6. The zero-order chi connectivity index (χ0) is 12.1. The molecular formula is C12H14O4. The minimum Gasteiger partial charge on any atom is -0.507 e. The van der Waals surface area contributed by atoms with Crippen molar-refractivity contribution in [1.82, 2.24) is 0 Å². The minimum atomic E-state index is -0.669. The Hall–Kier alpha value is -1.84. The Morgan fingerprint density at radius 2 is 2.00 bits per heavy atom. The summed E-state index contributed by atoms with van der Waals surface area (Å²) in [6, 6.07) is 4.40. The van der Waals surface area contributed by atoms with E-state index in [4.69, 9.17) is 4.74 Å². The summed E-state index contributed by atoms with van der Waals surface area (Å²) in [6.45, 7) is 3.56. The molecule has 0 aromatic heterocycles. The summed E-state index contributed by atoms with van der Waals surface area (Å²) in [4.78, 5) is 23.1. The van der Waals surface area contributed by atoms with Gasteiger partial charge in [-0.25, -0.2) is 4.79 Å². The molecule has 0 heterocycles. The molecule has 0 saturated carbocycles. The van der Waals surface area contributed by atoms with E-state index in [1.54, 1.807) is 13.8 Å². The van der Waals surface area contributed by atoms with Crippen molar-refractivity contribution in [1.29, 1.82) is 0 Å². The second kappa shape index (κ2) is 5.30. The molecule has 4 nitrogen and oxygen atoms in total. The highest BCUT2D eigenvalue weighted by Gasteiger charge is 2.20. The third-order valence-corrected chi connectivity index (χ3v) is 2.14. The lowest BCUT2D eigenvalue weighted by Gasteiger charge is -2.08. The van der Waals surface area contributed by atoms with E-state index in [0.717, 1.165) is 0 Å². The summed E-state index contributed by atoms with van der Waals surface area (Å²) in [7, 11) is 0. The Bertz CT molecular complexity index is 409. The van der Waals surface area contributed by atoms with Gasteiger partial charge >= 0.3 is 5.97 Å². The lowest BCUT2D eigenvalue weighted by Crippen LogP contribution is -2.11. The second-order valence-electron chi connectivity index (χ2n) is 3.20. The van der Waals surface area contributed by atoms with E-state index in [1.807, 2.05) is 0 Å². The molecule has 0 fully saturated rings. The minimum absolute atomic E-state index is 0.0452. The molecule has 0 unspecified atom stereocenters. The molecule has 1 N–H and O–H groups in total. The SMILES string of the molecule is CCOC(=O)c1c(O)cccc1C(=O)CC. The number of phenols is 1. The highest BCUT2D eigenvalue weighted by Crippen LogP contribution is 2.23. The fourth-order valence-electron chi connectivity index (χ4n) is 1.38. The lowest BCUT2D eigenvalue weighted by molar-refractivity contribution is 0.0519. The van der Waals surface area contributed by atoms with Crippen LogP contribution in [-0.2, 0) is 4.74 Å². The van der Waals surface area contributed by atoms with E-state index in [-0.39, 0.29) is 35.7 Å². The number of carbonyl (C=O) groups excluding carboxylic acids is 2. The molecule has 0 aliphatic heterocycles. The topological polar surface area (TPSA) is 63.6 Å². The molecule has 0 aliphatic rings. The summed E-state index contributed by atoms with van der Waals surface area (Å²) in [5.74, 6) is -1.09. The summed E-state index contributed by atoms with van der Waals surface area (Å²) in [5, 5.41) is 9.58. The van der Waals surface area contributed by atoms with Gasteiger partial charge in [-0.15, -0.1) is 0 Å². The predicted molar refractivity (Wildman–Crippen MR) is 58.7 cm³/mol. The van der Waals surface area contributed by atoms with Crippen LogP contribution in [0.3, 0.4) is 0 Å². The lowest BCUT2D eigenvalue weighted by atomic mass is 10.0. The van der Waals surface area contributed by atoms with Gasteiger partial charge in [-0.2, -0.15) is 0 Å². The van der Waals surface area contributed by atoms with E-state index in [1.165, 1.54) is 18.2 Å². The van der Waals surface area contributed by atoms with Gasteiger partial charge in [0.2, 0.25) is 0 Å². The highest BCUT2D eigenvalue weighted by atomic mass is 16.5. The number of hydrogen-bond acceptors (Lipinski definition) is 4. The molecule has 4 heteroatoms. The van der Waals surface area contributed by atoms with E-state index >= 15 is 0 Å². The van der Waals surface area contributed by atoms with Crippen molar-refractivity contribution in [2.75, 3.05) is 6.61 Å². The fraction of sp³-hybridized carbons (Fsp3) is 0.333. The molecular weight excluding hydrogens is 208 g/mol. The van der Waals surface area contributed by atoms with Gasteiger partial charge in [-0.1, -0.05) is 19.1 Å². The number of esters is 1. The maximum absolute atomic E-state index is 11.6. The zero-order valence-corrected chi connectivity index (χ0v) is 9.32. The number of ether oxygens (including phenoxy) is 1. The standard InChI is InChI=1S/C12H14O4/c1-3-9(13)8-6-5-7-10(14)11(8)12(15)16-4-2/h5-7,14H,3-4H2,1-2H3. The molecule has 0 amide bonds. The van der Waals surface area contributed by atoms with Gasteiger partial charge in [0.05, 0.1) is 6.61 Å². The third-order valence-electron chi connectivity index (χ3n) is 2.14. The van der Waals surface area contributed by atoms with Gasteiger partial charge in [0.1, 0.15) is 11.3 Å². The number of carbonyl (C=O) groups is 2. The average molecular weight is 222 g/mol. The van der Waals surface area contributed by atoms with Gasteiger partial charge in [-0.05, 0) is 13.0 Å². The number of aromatic hydroxyl groups is 1. The van der Waals surface area contributed by atoms with Crippen molar-refractivity contribution in [3.8, 4) is 5.75 Å². The number of rotatable bonds is 4. The first-order valence-electron chi connectivity index (χ1n) is 5.14. The predicted octanol–water partition coefficient (Wildman–Crippen LogP) is 2.16. The number of hydrogen-bond donors (Lipinski definition) is 1. The Morgan fingerprint density at radius 1 is 1.31 bits per heavy atom. The second-order valence-corrected chi connectivity index (χ2v) is 3.20. The zero-order valence-electron chi connectivity index (χ0n) is 9.32. The Kier molecular flexibility index (Phi) is 4.05.